The van der Waals surface area contributed by atoms with Crippen molar-refractivity contribution in [2.75, 3.05) is 6.54 Å². The molecule has 4 rings (SSSR count). The van der Waals surface area contributed by atoms with Crippen molar-refractivity contribution >= 4 is 11.8 Å². The lowest BCUT2D eigenvalue weighted by Gasteiger charge is -2.37. The quantitative estimate of drug-likeness (QED) is 0.727. The van der Waals surface area contributed by atoms with E-state index in [0.717, 1.165) is 0 Å². The highest BCUT2D eigenvalue weighted by atomic mass is 19.1. The Morgan fingerprint density at radius 2 is 1.90 bits per heavy atom. The zero-order chi connectivity index (χ0) is 22.4. The van der Waals surface area contributed by atoms with E-state index in [9.17, 15) is 32.7 Å². The lowest BCUT2D eigenvalue weighted by Crippen LogP contribution is -2.47. The van der Waals surface area contributed by atoms with E-state index in [0.29, 0.717) is 25.1 Å². The number of aromatic nitrogens is 1. The predicted octanol–water partition coefficient (Wildman–Crippen LogP) is 2.25. The van der Waals surface area contributed by atoms with Gasteiger partial charge in [-0.1, -0.05) is 12.2 Å². The molecule has 0 saturated carbocycles. The highest BCUT2D eigenvalue weighted by molar-refractivity contribution is 5.99. The van der Waals surface area contributed by atoms with Gasteiger partial charge in [-0.2, -0.15) is 0 Å². The summed E-state index contributed by atoms with van der Waals surface area (Å²) in [5, 5.41) is 12.6. The van der Waals surface area contributed by atoms with Crippen LogP contribution in [0, 0.1) is 17.5 Å². The molecule has 0 saturated heterocycles. The Morgan fingerprint density at radius 3 is 2.58 bits per heavy atom. The van der Waals surface area contributed by atoms with E-state index in [-0.39, 0.29) is 17.8 Å². The van der Waals surface area contributed by atoms with E-state index in [1.54, 1.807) is 0 Å². The molecule has 1 aromatic carbocycles. The van der Waals surface area contributed by atoms with E-state index < -0.39 is 58.1 Å². The van der Waals surface area contributed by atoms with Crippen molar-refractivity contribution in [3.8, 4) is 5.75 Å². The molecule has 162 valence electrons. The van der Waals surface area contributed by atoms with E-state index in [1.807, 2.05) is 19.1 Å². The number of pyridine rings is 1. The third-order valence-electron chi connectivity index (χ3n) is 5.57. The number of benzene rings is 1. The van der Waals surface area contributed by atoms with Crippen LogP contribution in [0.15, 0.2) is 35.3 Å². The van der Waals surface area contributed by atoms with Crippen molar-refractivity contribution in [3.05, 3.63) is 75.0 Å². The van der Waals surface area contributed by atoms with Gasteiger partial charge in [0.05, 0.1) is 6.04 Å². The Morgan fingerprint density at radius 1 is 1.23 bits per heavy atom. The normalized spacial score (nSPS) is 19.7. The van der Waals surface area contributed by atoms with Crippen molar-refractivity contribution in [2.24, 2.45) is 0 Å². The minimum atomic E-state index is -1.19. The summed E-state index contributed by atoms with van der Waals surface area (Å²) in [6, 6.07) is 0.424. The van der Waals surface area contributed by atoms with Gasteiger partial charge in [0.2, 0.25) is 5.43 Å². The molecule has 2 bridgehead atoms. The number of hydrogen-bond donors (Lipinski definition) is 2. The second-order valence-electron chi connectivity index (χ2n) is 7.52. The van der Waals surface area contributed by atoms with Gasteiger partial charge in [0, 0.05) is 43.0 Å². The van der Waals surface area contributed by atoms with E-state index >= 15 is 0 Å². The number of halogens is 3. The molecule has 0 fully saturated rings. The number of hydrogen-bond acceptors (Lipinski definition) is 4. The van der Waals surface area contributed by atoms with Crippen molar-refractivity contribution in [1.82, 2.24) is 14.8 Å². The summed E-state index contributed by atoms with van der Waals surface area (Å²) >= 11 is 0. The first-order chi connectivity index (χ1) is 14.7. The number of nitrogens with zero attached hydrogens (tertiary/aromatic N) is 2. The standard InChI is InChI=1S/C21H18F3N3O4/c1-10-3-2-4-12-8-26(10)21(31)17-19(29)18(28)14(9-27(12)17)20(30)25-7-13-15(23)5-11(22)6-16(13)24/h2-3,5-6,9-10,12,29H,4,7-8H2,1H3,(H,25,30)/t10-,12-/m0/s1. The molecule has 0 spiro atoms. The number of amides is 2. The number of carbonyl (C=O) groups is 2. The first kappa shape index (κ1) is 20.7. The van der Waals surface area contributed by atoms with Crippen molar-refractivity contribution in [1.29, 1.82) is 0 Å². The van der Waals surface area contributed by atoms with Gasteiger partial charge in [-0.15, -0.1) is 0 Å². The van der Waals surface area contributed by atoms with Gasteiger partial charge < -0.3 is 19.9 Å². The van der Waals surface area contributed by atoms with Crippen LogP contribution < -0.4 is 10.7 Å². The zero-order valence-corrected chi connectivity index (χ0v) is 16.4. The largest absolute Gasteiger partial charge is 0.503 e. The molecule has 2 aromatic rings. The molecule has 2 amide bonds. The Bertz CT molecular complexity index is 1170. The first-order valence-electron chi connectivity index (χ1n) is 9.56. The maximum absolute atomic E-state index is 13.8. The summed E-state index contributed by atoms with van der Waals surface area (Å²) in [6.45, 7) is 1.50. The highest BCUT2D eigenvalue weighted by Crippen LogP contribution is 2.31. The number of carbonyl (C=O) groups excluding carboxylic acids is 2. The molecule has 3 heterocycles. The second-order valence-corrected chi connectivity index (χ2v) is 7.52. The van der Waals surface area contributed by atoms with Gasteiger partial charge in [0.1, 0.15) is 23.0 Å². The number of nitrogens with one attached hydrogen (secondary N) is 1. The smallest absolute Gasteiger partial charge is 0.275 e. The summed E-state index contributed by atoms with van der Waals surface area (Å²) in [6.07, 6.45) is 5.41. The molecular weight excluding hydrogens is 415 g/mol. The third-order valence-corrected chi connectivity index (χ3v) is 5.57. The Hall–Kier alpha value is -3.56. The number of fused-ring (bicyclic) bond motifs is 4. The summed E-state index contributed by atoms with van der Waals surface area (Å²) in [7, 11) is 0. The molecule has 10 heteroatoms. The molecular formula is C21H18F3N3O4. The van der Waals surface area contributed by atoms with Crippen LogP contribution in [0.5, 0.6) is 5.75 Å². The Balaban J connectivity index is 1.68. The van der Waals surface area contributed by atoms with Gasteiger partial charge in [-0.05, 0) is 13.3 Å². The topological polar surface area (TPSA) is 91.6 Å². The molecule has 2 N–H and O–H groups in total. The van der Waals surface area contributed by atoms with Crippen LogP contribution in [-0.4, -0.2) is 39.0 Å². The third kappa shape index (κ3) is 3.47. The lowest BCUT2D eigenvalue weighted by molar-refractivity contribution is 0.0629. The SMILES string of the molecule is C[C@H]1C=CC[C@H]2CN1C(=O)c1c(O)c(=O)c(C(=O)NCc3c(F)cc(F)cc3F)cn12. The summed E-state index contributed by atoms with van der Waals surface area (Å²) in [5.41, 5.74) is -2.33. The average molecular weight is 433 g/mol. The van der Waals surface area contributed by atoms with Crippen LogP contribution in [0.4, 0.5) is 13.2 Å². The summed E-state index contributed by atoms with van der Waals surface area (Å²) in [4.78, 5) is 39.5. The molecule has 7 nitrogen and oxygen atoms in total. The highest BCUT2D eigenvalue weighted by Gasteiger charge is 2.37. The molecule has 2 aliphatic rings. The predicted molar refractivity (Wildman–Crippen MR) is 103 cm³/mol. The second kappa shape index (κ2) is 7.60. The Labute approximate surface area is 174 Å². The molecule has 2 aliphatic heterocycles. The average Bonchev–Trinajstić information content (AvgIpc) is 2.87. The van der Waals surface area contributed by atoms with Crippen molar-refractivity contribution in [2.45, 2.75) is 32.0 Å². The fourth-order valence-electron chi connectivity index (χ4n) is 3.90. The fraction of sp³-hybridized carbons (Fsp3) is 0.286. The lowest BCUT2D eigenvalue weighted by atomic mass is 10.1. The first-order valence-corrected chi connectivity index (χ1v) is 9.56. The maximum atomic E-state index is 13.8. The molecule has 0 radical (unpaired) electrons. The summed E-state index contributed by atoms with van der Waals surface area (Å²) in [5.74, 6) is -5.87. The molecule has 31 heavy (non-hydrogen) atoms. The van der Waals surface area contributed by atoms with Crippen LogP contribution in [0.2, 0.25) is 0 Å². The van der Waals surface area contributed by atoms with Crippen LogP contribution in [0.25, 0.3) is 0 Å². The fourth-order valence-corrected chi connectivity index (χ4v) is 3.90. The van der Waals surface area contributed by atoms with Gasteiger partial charge >= 0.3 is 0 Å². The minimum Gasteiger partial charge on any atom is -0.503 e. The van der Waals surface area contributed by atoms with E-state index in [4.69, 9.17) is 0 Å². The van der Waals surface area contributed by atoms with E-state index in [1.165, 1.54) is 15.7 Å². The number of aromatic hydroxyl groups is 1. The summed E-state index contributed by atoms with van der Waals surface area (Å²) < 4.78 is 42.0. The molecule has 2 atom stereocenters. The molecule has 0 aliphatic carbocycles. The van der Waals surface area contributed by atoms with Crippen LogP contribution in [0.1, 0.15) is 45.8 Å². The van der Waals surface area contributed by atoms with Crippen LogP contribution >= 0.6 is 0 Å². The maximum Gasteiger partial charge on any atom is 0.275 e. The van der Waals surface area contributed by atoms with Crippen molar-refractivity contribution < 1.29 is 27.9 Å². The van der Waals surface area contributed by atoms with Crippen LogP contribution in [0.3, 0.4) is 0 Å². The number of rotatable bonds is 3. The van der Waals surface area contributed by atoms with Gasteiger partial charge in [-0.25, -0.2) is 13.2 Å². The van der Waals surface area contributed by atoms with E-state index in [2.05, 4.69) is 5.32 Å². The number of allylic oxidation sites excluding steroid dienone is 1. The van der Waals surface area contributed by atoms with Gasteiger partial charge in [0.15, 0.2) is 11.4 Å². The zero-order valence-electron chi connectivity index (χ0n) is 16.4. The van der Waals surface area contributed by atoms with Crippen LogP contribution in [-0.2, 0) is 6.54 Å². The monoisotopic (exact) mass is 433 g/mol. The van der Waals surface area contributed by atoms with Gasteiger partial charge in [-0.3, -0.25) is 14.4 Å². The van der Waals surface area contributed by atoms with Gasteiger partial charge in [0.25, 0.3) is 11.8 Å². The minimum absolute atomic E-state index is 0.205. The Kier molecular flexibility index (Phi) is 5.08. The van der Waals surface area contributed by atoms with Crippen molar-refractivity contribution in [3.63, 3.8) is 0 Å². The molecule has 0 unspecified atom stereocenters. The molecule has 1 aromatic heterocycles.